The van der Waals surface area contributed by atoms with Gasteiger partial charge in [-0.2, -0.15) is 0 Å². The smallest absolute Gasteiger partial charge is 0.131 e. The van der Waals surface area contributed by atoms with Crippen LogP contribution >= 0.6 is 11.6 Å². The van der Waals surface area contributed by atoms with E-state index in [1.54, 1.807) is 12.1 Å². The Bertz CT molecular complexity index is 564. The Balaban J connectivity index is 1.95. The van der Waals surface area contributed by atoms with Crippen LogP contribution in [0.3, 0.4) is 0 Å². The highest BCUT2D eigenvalue weighted by atomic mass is 35.5. The number of halogens is 2. The van der Waals surface area contributed by atoms with E-state index in [2.05, 4.69) is 0 Å². The molecule has 2 N–H and O–H groups in total. The molecule has 0 saturated heterocycles. The molecule has 0 heterocycles. The average molecular weight is 308 g/mol. The van der Waals surface area contributed by atoms with Crippen LogP contribution in [0.1, 0.15) is 24.5 Å². The van der Waals surface area contributed by atoms with Gasteiger partial charge >= 0.3 is 0 Å². The molecule has 4 heteroatoms. The molecule has 0 aromatic heterocycles. The van der Waals surface area contributed by atoms with E-state index in [1.807, 2.05) is 31.2 Å². The SMILES string of the molecule is CC(N)CCc1ccc(OCc2c(F)cccc2Cl)cc1. The lowest BCUT2D eigenvalue weighted by Gasteiger charge is -2.10. The molecule has 21 heavy (non-hydrogen) atoms. The third-order valence-corrected chi connectivity index (χ3v) is 3.61. The molecule has 0 aliphatic rings. The fourth-order valence-electron chi connectivity index (χ4n) is 1.97. The number of hydrogen-bond donors (Lipinski definition) is 1. The van der Waals surface area contributed by atoms with Gasteiger partial charge in [-0.3, -0.25) is 0 Å². The van der Waals surface area contributed by atoms with Gasteiger partial charge in [-0.15, -0.1) is 0 Å². The van der Waals surface area contributed by atoms with Crippen molar-refractivity contribution in [1.29, 1.82) is 0 Å². The first kappa shape index (κ1) is 15.8. The van der Waals surface area contributed by atoms with Crippen molar-refractivity contribution >= 4 is 11.6 Å². The van der Waals surface area contributed by atoms with Crippen LogP contribution in [0.4, 0.5) is 4.39 Å². The van der Waals surface area contributed by atoms with E-state index in [-0.39, 0.29) is 18.5 Å². The molecule has 1 atom stereocenters. The van der Waals surface area contributed by atoms with E-state index in [9.17, 15) is 4.39 Å². The number of aryl methyl sites for hydroxylation is 1. The van der Waals surface area contributed by atoms with Crippen LogP contribution in [-0.2, 0) is 13.0 Å². The quantitative estimate of drug-likeness (QED) is 0.861. The van der Waals surface area contributed by atoms with Crippen molar-refractivity contribution in [3.8, 4) is 5.75 Å². The molecule has 112 valence electrons. The van der Waals surface area contributed by atoms with Gasteiger partial charge in [-0.25, -0.2) is 4.39 Å². The maximum Gasteiger partial charge on any atom is 0.131 e. The van der Waals surface area contributed by atoms with E-state index < -0.39 is 0 Å². The predicted molar refractivity (Wildman–Crippen MR) is 84.2 cm³/mol. The largest absolute Gasteiger partial charge is 0.489 e. The van der Waals surface area contributed by atoms with E-state index >= 15 is 0 Å². The number of rotatable bonds is 6. The van der Waals surface area contributed by atoms with Crippen molar-refractivity contribution in [3.05, 3.63) is 64.4 Å². The van der Waals surface area contributed by atoms with Crippen LogP contribution in [0.15, 0.2) is 42.5 Å². The first-order valence-corrected chi connectivity index (χ1v) is 7.34. The van der Waals surface area contributed by atoms with Gasteiger partial charge in [0.2, 0.25) is 0 Å². The highest BCUT2D eigenvalue weighted by Gasteiger charge is 2.07. The molecule has 0 spiro atoms. The minimum absolute atomic E-state index is 0.116. The number of nitrogens with two attached hydrogens (primary N) is 1. The van der Waals surface area contributed by atoms with E-state index in [0.717, 1.165) is 12.8 Å². The third kappa shape index (κ3) is 4.73. The highest BCUT2D eigenvalue weighted by molar-refractivity contribution is 6.31. The summed E-state index contributed by atoms with van der Waals surface area (Å²) in [5.41, 5.74) is 7.32. The zero-order valence-corrected chi connectivity index (χ0v) is 12.7. The minimum atomic E-state index is -0.351. The summed E-state index contributed by atoms with van der Waals surface area (Å²) in [5, 5.41) is 0.378. The van der Waals surface area contributed by atoms with Crippen LogP contribution in [0.2, 0.25) is 5.02 Å². The van der Waals surface area contributed by atoms with Crippen molar-refractivity contribution in [3.63, 3.8) is 0 Å². The zero-order valence-electron chi connectivity index (χ0n) is 12.0. The molecule has 1 unspecified atom stereocenters. The Labute approximate surface area is 129 Å². The molecule has 2 rings (SSSR count). The van der Waals surface area contributed by atoms with Gasteiger partial charge in [0.25, 0.3) is 0 Å². The second kappa shape index (κ2) is 7.43. The number of benzene rings is 2. The molecule has 0 aliphatic carbocycles. The molecule has 0 aliphatic heterocycles. The zero-order chi connectivity index (χ0) is 15.2. The summed E-state index contributed by atoms with van der Waals surface area (Å²) in [7, 11) is 0. The highest BCUT2D eigenvalue weighted by Crippen LogP contribution is 2.22. The Kier molecular flexibility index (Phi) is 5.59. The Morgan fingerprint density at radius 2 is 1.90 bits per heavy atom. The molecule has 0 amide bonds. The van der Waals surface area contributed by atoms with Crippen LogP contribution in [-0.4, -0.2) is 6.04 Å². The third-order valence-electron chi connectivity index (χ3n) is 3.26. The maximum absolute atomic E-state index is 13.6. The molecule has 2 aromatic rings. The second-order valence-electron chi connectivity index (χ2n) is 5.15. The summed E-state index contributed by atoms with van der Waals surface area (Å²) >= 11 is 5.96. The Hall–Kier alpha value is -1.58. The maximum atomic E-state index is 13.6. The van der Waals surface area contributed by atoms with Crippen molar-refractivity contribution < 1.29 is 9.13 Å². The molecule has 0 radical (unpaired) electrons. The number of ether oxygens (including phenoxy) is 1. The van der Waals surface area contributed by atoms with E-state index in [4.69, 9.17) is 22.1 Å². The predicted octanol–water partition coefficient (Wildman–Crippen LogP) is 4.34. The molecule has 2 aromatic carbocycles. The molecular weight excluding hydrogens is 289 g/mol. The van der Waals surface area contributed by atoms with Crippen LogP contribution in [0.5, 0.6) is 5.75 Å². The monoisotopic (exact) mass is 307 g/mol. The van der Waals surface area contributed by atoms with Crippen molar-refractivity contribution in [2.24, 2.45) is 5.73 Å². The van der Waals surface area contributed by atoms with Gasteiger partial charge in [0.1, 0.15) is 18.2 Å². The van der Waals surface area contributed by atoms with Gasteiger partial charge in [0, 0.05) is 11.6 Å². The summed E-state index contributed by atoms with van der Waals surface area (Å²) in [5.74, 6) is 0.343. The van der Waals surface area contributed by atoms with Crippen molar-refractivity contribution in [1.82, 2.24) is 0 Å². The standard InChI is InChI=1S/C17H19ClFNO/c1-12(20)5-6-13-7-9-14(10-8-13)21-11-15-16(18)3-2-4-17(15)19/h2-4,7-10,12H,5-6,11,20H2,1H3. The summed E-state index contributed by atoms with van der Waals surface area (Å²) in [4.78, 5) is 0. The fourth-order valence-corrected chi connectivity index (χ4v) is 2.19. The van der Waals surface area contributed by atoms with Crippen LogP contribution in [0, 0.1) is 5.82 Å². The molecular formula is C17H19ClFNO. The summed E-state index contributed by atoms with van der Waals surface area (Å²) < 4.78 is 19.2. The molecule has 2 nitrogen and oxygen atoms in total. The van der Waals surface area contributed by atoms with Gasteiger partial charge in [-0.05, 0) is 49.6 Å². The van der Waals surface area contributed by atoms with Crippen molar-refractivity contribution in [2.45, 2.75) is 32.4 Å². The van der Waals surface area contributed by atoms with Crippen LogP contribution in [0.25, 0.3) is 0 Å². The summed E-state index contributed by atoms with van der Waals surface area (Å²) in [6, 6.07) is 12.6. The van der Waals surface area contributed by atoms with Crippen molar-refractivity contribution in [2.75, 3.05) is 0 Å². The lowest BCUT2D eigenvalue weighted by atomic mass is 10.1. The molecule has 0 bridgehead atoms. The minimum Gasteiger partial charge on any atom is -0.489 e. The van der Waals surface area contributed by atoms with Crippen LogP contribution < -0.4 is 10.5 Å². The average Bonchev–Trinajstić information content (AvgIpc) is 2.46. The topological polar surface area (TPSA) is 35.2 Å². The fraction of sp³-hybridized carbons (Fsp3) is 0.294. The Morgan fingerprint density at radius 1 is 1.19 bits per heavy atom. The van der Waals surface area contributed by atoms with Gasteiger partial charge < -0.3 is 10.5 Å². The molecule has 0 saturated carbocycles. The first-order valence-electron chi connectivity index (χ1n) is 6.96. The summed E-state index contributed by atoms with van der Waals surface area (Å²) in [6.07, 6.45) is 1.89. The second-order valence-corrected chi connectivity index (χ2v) is 5.56. The lowest BCUT2D eigenvalue weighted by Crippen LogP contribution is -2.15. The van der Waals surface area contributed by atoms with E-state index in [1.165, 1.54) is 11.6 Å². The Morgan fingerprint density at radius 3 is 2.52 bits per heavy atom. The number of hydrogen-bond acceptors (Lipinski definition) is 2. The van der Waals surface area contributed by atoms with Gasteiger partial charge in [0.15, 0.2) is 0 Å². The lowest BCUT2D eigenvalue weighted by molar-refractivity contribution is 0.300. The summed E-state index contributed by atoms with van der Waals surface area (Å²) in [6.45, 7) is 2.11. The van der Waals surface area contributed by atoms with E-state index in [0.29, 0.717) is 16.3 Å². The van der Waals surface area contributed by atoms with Gasteiger partial charge in [-0.1, -0.05) is 29.8 Å². The molecule has 0 fully saturated rings. The first-order chi connectivity index (χ1) is 10.1. The normalized spacial score (nSPS) is 12.2. The van der Waals surface area contributed by atoms with Gasteiger partial charge in [0.05, 0.1) is 5.02 Å².